The number of allylic oxidation sites excluding steroid dienone is 10. The molecule has 2 N–H and O–H groups in total. The predicted octanol–water partition coefficient (Wildman–Crippen LogP) is 8.63. The van der Waals surface area contributed by atoms with Gasteiger partial charge in [0.05, 0.1) is 0 Å². The second-order valence-corrected chi connectivity index (χ2v) is 11.4. The normalized spacial score (nSPS) is 16.1. The summed E-state index contributed by atoms with van der Waals surface area (Å²) < 4.78 is 5.46. The Balaban J connectivity index is 1.78. The van der Waals surface area contributed by atoms with Gasteiger partial charge in [-0.05, 0) is 77.0 Å². The van der Waals surface area contributed by atoms with Crippen molar-refractivity contribution in [2.24, 2.45) is 0 Å². The molecule has 2 atom stereocenters. The van der Waals surface area contributed by atoms with Gasteiger partial charge in [0.2, 0.25) is 0 Å². The van der Waals surface area contributed by atoms with Crippen molar-refractivity contribution in [3.63, 3.8) is 0 Å². The summed E-state index contributed by atoms with van der Waals surface area (Å²) >= 11 is 1.49. The number of ether oxygens (including phenoxy) is 1. The first-order valence-electron chi connectivity index (χ1n) is 14.0. The highest BCUT2D eigenvalue weighted by Gasteiger charge is 2.25. The second kappa shape index (κ2) is 18.2. The van der Waals surface area contributed by atoms with E-state index in [-0.39, 0.29) is 18.3 Å². The number of carbonyl (C=O) groups excluding carboxylic acids is 1. The Hall–Kier alpha value is -3.25. The van der Waals surface area contributed by atoms with E-state index in [9.17, 15) is 14.7 Å². The van der Waals surface area contributed by atoms with E-state index in [4.69, 9.17) is 4.74 Å². The number of fused-ring (bicyclic) bond motifs is 1. The molecule has 2 rings (SSSR count). The molecule has 6 heteroatoms. The Bertz CT molecular complexity index is 1170. The number of hydrogen-bond donors (Lipinski definition) is 2. The fourth-order valence-corrected chi connectivity index (χ4v) is 5.28. The molecule has 5 nitrogen and oxygen atoms in total. The van der Waals surface area contributed by atoms with Crippen LogP contribution in [0.25, 0.3) is 5.57 Å². The van der Waals surface area contributed by atoms with Gasteiger partial charge in [0.1, 0.15) is 12.6 Å². The summed E-state index contributed by atoms with van der Waals surface area (Å²) in [5.41, 5.74) is 7.35. The Morgan fingerprint density at radius 3 is 2.42 bits per heavy atom. The summed E-state index contributed by atoms with van der Waals surface area (Å²) in [5.74, 6) is -0.178. The average Bonchev–Trinajstić information content (AvgIpc) is 3.26. The Kier molecular flexibility index (Phi) is 15.0. The van der Waals surface area contributed by atoms with Crippen molar-refractivity contribution in [2.45, 2.75) is 72.3 Å². The first kappa shape index (κ1) is 33.0. The lowest BCUT2D eigenvalue weighted by Gasteiger charge is -2.16. The van der Waals surface area contributed by atoms with Gasteiger partial charge in [0, 0.05) is 17.4 Å². The molecular weight excluding hydrogens is 518 g/mol. The fourth-order valence-electron chi connectivity index (χ4n) is 4.28. The summed E-state index contributed by atoms with van der Waals surface area (Å²) in [7, 11) is 0. The van der Waals surface area contributed by atoms with Crippen LogP contribution in [0, 0.1) is 0 Å². The van der Waals surface area contributed by atoms with Crippen LogP contribution in [0.1, 0.15) is 77.3 Å². The van der Waals surface area contributed by atoms with Crippen molar-refractivity contribution in [3.05, 3.63) is 101 Å². The number of alkyl carbamates (subject to hydrolysis) is 1. The second-order valence-electron chi connectivity index (χ2n) is 10.3. The van der Waals surface area contributed by atoms with Crippen LogP contribution >= 0.6 is 11.8 Å². The minimum Gasteiger partial charge on any atom is -0.480 e. The van der Waals surface area contributed by atoms with Crippen LogP contribution in [-0.2, 0) is 9.53 Å². The van der Waals surface area contributed by atoms with Gasteiger partial charge in [-0.15, -0.1) is 0 Å². The van der Waals surface area contributed by atoms with E-state index in [1.807, 2.05) is 49.4 Å². The molecule has 0 spiro atoms. The van der Waals surface area contributed by atoms with Crippen LogP contribution in [0.3, 0.4) is 0 Å². The zero-order chi connectivity index (χ0) is 29.3. The van der Waals surface area contributed by atoms with E-state index in [2.05, 4.69) is 63.4 Å². The van der Waals surface area contributed by atoms with Crippen LogP contribution in [0.4, 0.5) is 4.79 Å². The van der Waals surface area contributed by atoms with Gasteiger partial charge in [-0.25, -0.2) is 9.59 Å². The number of hydrogen-bond acceptors (Lipinski definition) is 4. The van der Waals surface area contributed by atoms with E-state index in [1.54, 1.807) is 0 Å². The van der Waals surface area contributed by atoms with Crippen LogP contribution in [0.15, 0.2) is 89.6 Å². The minimum absolute atomic E-state index is 0.0750. The van der Waals surface area contributed by atoms with Crippen LogP contribution in [-0.4, -0.2) is 41.3 Å². The molecule has 1 aromatic rings. The van der Waals surface area contributed by atoms with Crippen LogP contribution < -0.4 is 5.32 Å². The number of carboxylic acids is 1. The van der Waals surface area contributed by atoms with Crippen molar-refractivity contribution in [1.82, 2.24) is 5.32 Å². The van der Waals surface area contributed by atoms with Crippen LogP contribution in [0.2, 0.25) is 0 Å². The van der Waals surface area contributed by atoms with E-state index in [0.29, 0.717) is 5.75 Å². The maximum atomic E-state index is 12.5. The summed E-state index contributed by atoms with van der Waals surface area (Å²) in [6.45, 7) is 10.7. The molecule has 0 heterocycles. The SMILES string of the molecule is C/C=C\C=C/C1=CC(COC(=O)NC(CSC/C=C(\C)CC/C=C(\C)CCC=C(C)C)C(=O)O)c2ccccc21. The van der Waals surface area contributed by atoms with Crippen molar-refractivity contribution in [2.75, 3.05) is 18.1 Å². The minimum atomic E-state index is -1.07. The molecule has 0 bridgehead atoms. The van der Waals surface area contributed by atoms with Crippen molar-refractivity contribution < 1.29 is 19.4 Å². The van der Waals surface area contributed by atoms with Crippen molar-refractivity contribution >= 4 is 29.4 Å². The first-order chi connectivity index (χ1) is 19.2. The maximum Gasteiger partial charge on any atom is 0.407 e. The summed E-state index contributed by atoms with van der Waals surface area (Å²) in [6.07, 6.45) is 20.2. The number of benzene rings is 1. The highest BCUT2D eigenvalue weighted by molar-refractivity contribution is 7.99. The first-order valence-corrected chi connectivity index (χ1v) is 15.2. The quantitative estimate of drug-likeness (QED) is 0.120. The number of carbonyl (C=O) groups is 2. The molecule has 0 fully saturated rings. The third-order valence-electron chi connectivity index (χ3n) is 6.57. The van der Waals surface area contributed by atoms with Gasteiger partial charge in [0.15, 0.2) is 0 Å². The van der Waals surface area contributed by atoms with Gasteiger partial charge in [-0.1, -0.05) is 89.6 Å². The predicted molar refractivity (Wildman–Crippen MR) is 170 cm³/mol. The average molecular weight is 564 g/mol. The third-order valence-corrected chi connectivity index (χ3v) is 7.54. The molecule has 2 unspecified atom stereocenters. The van der Waals surface area contributed by atoms with Gasteiger partial charge >= 0.3 is 12.1 Å². The Labute approximate surface area is 244 Å². The molecule has 1 aromatic carbocycles. The molecule has 0 aliphatic heterocycles. The Morgan fingerprint density at radius 1 is 1.02 bits per heavy atom. The number of aliphatic carboxylic acids is 1. The third kappa shape index (κ3) is 12.3. The van der Waals surface area contributed by atoms with Gasteiger partial charge in [-0.2, -0.15) is 11.8 Å². The molecule has 0 saturated heterocycles. The summed E-state index contributed by atoms with van der Waals surface area (Å²) in [6, 6.07) is 7.04. The van der Waals surface area contributed by atoms with E-state index < -0.39 is 18.1 Å². The lowest BCUT2D eigenvalue weighted by molar-refractivity contribution is -0.138. The van der Waals surface area contributed by atoms with E-state index >= 15 is 0 Å². The zero-order valence-corrected chi connectivity index (χ0v) is 25.4. The lowest BCUT2D eigenvalue weighted by atomic mass is 10.0. The maximum absolute atomic E-state index is 12.5. The lowest BCUT2D eigenvalue weighted by Crippen LogP contribution is -2.43. The van der Waals surface area contributed by atoms with E-state index in [1.165, 1.54) is 28.5 Å². The molecule has 0 saturated carbocycles. The number of nitrogens with one attached hydrogen (secondary N) is 1. The fraction of sp³-hybridized carbons (Fsp3) is 0.412. The number of rotatable bonds is 16. The smallest absolute Gasteiger partial charge is 0.407 e. The number of carboxylic acid groups (broad SMARTS) is 1. The van der Waals surface area contributed by atoms with Crippen molar-refractivity contribution in [1.29, 1.82) is 0 Å². The van der Waals surface area contributed by atoms with Crippen LogP contribution in [0.5, 0.6) is 0 Å². The molecule has 1 amide bonds. The molecule has 216 valence electrons. The van der Waals surface area contributed by atoms with Gasteiger partial charge in [0.25, 0.3) is 0 Å². The highest BCUT2D eigenvalue weighted by atomic mass is 32.2. The van der Waals surface area contributed by atoms with Gasteiger partial charge in [-0.3, -0.25) is 0 Å². The Morgan fingerprint density at radius 2 is 1.73 bits per heavy atom. The standard InChI is InChI=1S/C34H45NO4S/c1-6-7-8-17-28-22-29(31-19-10-9-18-30(28)31)23-39-34(38)35-32(33(36)37)24-40-21-20-27(5)16-12-15-26(4)14-11-13-25(2)3/h6-10,13,15,17-20,22,29,32H,11-12,14,16,21,23-24H2,1-5H3,(H,35,38)(H,36,37)/b7-6-,17-8-,26-15+,27-20+. The zero-order valence-electron chi connectivity index (χ0n) is 24.6. The summed E-state index contributed by atoms with van der Waals surface area (Å²) in [5, 5.41) is 12.1. The van der Waals surface area contributed by atoms with Gasteiger partial charge < -0.3 is 15.2 Å². The molecular formula is C34H45NO4S. The molecule has 40 heavy (non-hydrogen) atoms. The molecule has 0 aromatic heterocycles. The molecule has 1 aliphatic carbocycles. The highest BCUT2D eigenvalue weighted by Crippen LogP contribution is 2.36. The number of thioether (sulfide) groups is 1. The molecule has 0 radical (unpaired) electrons. The monoisotopic (exact) mass is 563 g/mol. The largest absolute Gasteiger partial charge is 0.480 e. The number of amides is 1. The van der Waals surface area contributed by atoms with E-state index in [0.717, 1.165) is 42.4 Å². The van der Waals surface area contributed by atoms with Crippen molar-refractivity contribution in [3.8, 4) is 0 Å². The molecule has 1 aliphatic rings. The topological polar surface area (TPSA) is 75.6 Å². The summed E-state index contributed by atoms with van der Waals surface area (Å²) in [4.78, 5) is 24.2.